The van der Waals surface area contributed by atoms with Crippen LogP contribution in [0.25, 0.3) is 11.0 Å². The maximum Gasteiger partial charge on any atom is 0.310 e. The van der Waals surface area contributed by atoms with Crippen molar-refractivity contribution in [2.24, 2.45) is 0 Å². The molecule has 2 aromatic carbocycles. The number of fused-ring (bicyclic) bond motifs is 1. The topological polar surface area (TPSA) is 56.5 Å². The second-order valence-electron chi connectivity index (χ2n) is 5.89. The maximum atomic E-state index is 13.5. The Labute approximate surface area is 144 Å². The van der Waals surface area contributed by atoms with E-state index in [4.69, 9.17) is 9.15 Å². The van der Waals surface area contributed by atoms with Gasteiger partial charge in [-0.2, -0.15) is 0 Å². The lowest BCUT2D eigenvalue weighted by atomic mass is 10.0. The molecule has 25 heavy (non-hydrogen) atoms. The zero-order valence-corrected chi connectivity index (χ0v) is 14.0. The molecule has 0 amide bonds. The number of aryl methyl sites for hydroxylation is 2. The second-order valence-corrected chi connectivity index (χ2v) is 5.89. The molecular weight excluding hydrogens is 323 g/mol. The van der Waals surface area contributed by atoms with E-state index < -0.39 is 24.2 Å². The van der Waals surface area contributed by atoms with Crippen LogP contribution in [0.3, 0.4) is 0 Å². The van der Waals surface area contributed by atoms with E-state index >= 15 is 0 Å². The van der Waals surface area contributed by atoms with Gasteiger partial charge in [0.05, 0.1) is 18.2 Å². The molecule has 0 aliphatic carbocycles. The number of Topliss-reactive ketones (excluding diaryl/α,β-unsaturated/α-hetero) is 1. The van der Waals surface area contributed by atoms with Crippen molar-refractivity contribution in [1.29, 1.82) is 0 Å². The Morgan fingerprint density at radius 3 is 2.64 bits per heavy atom. The smallest absolute Gasteiger partial charge is 0.310 e. The number of benzene rings is 2. The quantitative estimate of drug-likeness (QED) is 0.517. The molecule has 0 N–H and O–H groups in total. The number of carbonyl (C=O) groups is 2. The van der Waals surface area contributed by atoms with Crippen LogP contribution in [0.4, 0.5) is 4.39 Å². The second kappa shape index (κ2) is 6.89. The number of ether oxygens (including phenoxy) is 1. The number of hydrogen-bond donors (Lipinski definition) is 0. The normalized spacial score (nSPS) is 10.8. The molecule has 0 atom stereocenters. The average Bonchev–Trinajstić information content (AvgIpc) is 3.00. The number of furan rings is 1. The summed E-state index contributed by atoms with van der Waals surface area (Å²) < 4.78 is 24.1. The molecule has 128 valence electrons. The molecular formula is C20H17FO4. The Balaban J connectivity index is 1.66. The Hall–Kier alpha value is -2.95. The van der Waals surface area contributed by atoms with Gasteiger partial charge in [0, 0.05) is 10.9 Å². The average molecular weight is 340 g/mol. The summed E-state index contributed by atoms with van der Waals surface area (Å²) in [6, 6.07) is 9.46. The van der Waals surface area contributed by atoms with E-state index in [0.29, 0.717) is 5.56 Å². The zero-order valence-electron chi connectivity index (χ0n) is 14.0. The third-order valence-corrected chi connectivity index (χ3v) is 4.22. The molecule has 0 bridgehead atoms. The molecule has 0 radical (unpaired) electrons. The van der Waals surface area contributed by atoms with Crippen molar-refractivity contribution < 1.29 is 23.1 Å². The highest BCUT2D eigenvalue weighted by atomic mass is 19.1. The molecule has 0 aliphatic rings. The number of rotatable bonds is 5. The van der Waals surface area contributed by atoms with Gasteiger partial charge in [-0.15, -0.1) is 0 Å². The maximum absolute atomic E-state index is 13.5. The van der Waals surface area contributed by atoms with E-state index in [-0.39, 0.29) is 12.0 Å². The molecule has 0 spiro atoms. The Morgan fingerprint density at radius 2 is 1.88 bits per heavy atom. The number of carbonyl (C=O) groups excluding carboxylic acids is 2. The van der Waals surface area contributed by atoms with Gasteiger partial charge in [0.15, 0.2) is 6.61 Å². The van der Waals surface area contributed by atoms with Crippen LogP contribution in [-0.4, -0.2) is 18.4 Å². The molecule has 0 fully saturated rings. The third kappa shape index (κ3) is 3.45. The monoisotopic (exact) mass is 340 g/mol. The first kappa shape index (κ1) is 16.9. The molecule has 3 rings (SSSR count). The van der Waals surface area contributed by atoms with Gasteiger partial charge >= 0.3 is 5.97 Å². The molecule has 5 heteroatoms. The number of ketones is 1. The fraction of sp³-hybridized carbons (Fsp3) is 0.200. The van der Waals surface area contributed by atoms with Crippen LogP contribution in [0, 0.1) is 19.7 Å². The summed E-state index contributed by atoms with van der Waals surface area (Å²) in [7, 11) is 0. The van der Waals surface area contributed by atoms with E-state index in [0.717, 1.165) is 22.1 Å². The molecule has 4 nitrogen and oxygen atoms in total. The predicted octanol–water partition coefficient (Wildman–Crippen LogP) is 4.16. The standard InChI is InChI=1S/C20H17FO4/c1-12-7-8-15-14(10-25-20(15)13(12)2)9-19(23)24-11-18(22)16-5-3-4-6-17(16)21/h3-8,10H,9,11H2,1-2H3. The van der Waals surface area contributed by atoms with Crippen molar-refractivity contribution in [3.63, 3.8) is 0 Å². The summed E-state index contributed by atoms with van der Waals surface area (Å²) >= 11 is 0. The van der Waals surface area contributed by atoms with Crippen LogP contribution in [0.15, 0.2) is 47.1 Å². The van der Waals surface area contributed by atoms with Crippen LogP contribution in [0.2, 0.25) is 0 Å². The molecule has 1 aromatic heterocycles. The Bertz CT molecular complexity index is 955. The fourth-order valence-corrected chi connectivity index (χ4v) is 2.64. The van der Waals surface area contributed by atoms with Crippen molar-refractivity contribution in [1.82, 2.24) is 0 Å². The highest BCUT2D eigenvalue weighted by molar-refractivity contribution is 5.98. The van der Waals surface area contributed by atoms with E-state index in [1.807, 2.05) is 26.0 Å². The first-order chi connectivity index (χ1) is 12.0. The van der Waals surface area contributed by atoms with E-state index in [9.17, 15) is 14.0 Å². The van der Waals surface area contributed by atoms with Gasteiger partial charge in [-0.25, -0.2) is 4.39 Å². The van der Waals surface area contributed by atoms with Gasteiger partial charge < -0.3 is 9.15 Å². The summed E-state index contributed by atoms with van der Waals surface area (Å²) in [5.41, 5.74) is 3.47. The van der Waals surface area contributed by atoms with Crippen molar-refractivity contribution >= 4 is 22.7 Å². The third-order valence-electron chi connectivity index (χ3n) is 4.22. The van der Waals surface area contributed by atoms with Gasteiger partial charge in [-0.3, -0.25) is 9.59 Å². The van der Waals surface area contributed by atoms with Crippen molar-refractivity contribution in [3.05, 3.63) is 70.7 Å². The highest BCUT2D eigenvalue weighted by Crippen LogP contribution is 2.26. The number of halogens is 1. The van der Waals surface area contributed by atoms with Crippen molar-refractivity contribution in [2.45, 2.75) is 20.3 Å². The lowest BCUT2D eigenvalue weighted by Crippen LogP contribution is -2.16. The SMILES string of the molecule is Cc1ccc2c(CC(=O)OCC(=O)c3ccccc3F)coc2c1C. The van der Waals surface area contributed by atoms with E-state index in [1.165, 1.54) is 24.5 Å². The van der Waals surface area contributed by atoms with Crippen LogP contribution in [-0.2, 0) is 16.0 Å². The Morgan fingerprint density at radius 1 is 1.12 bits per heavy atom. The van der Waals surface area contributed by atoms with Crippen LogP contribution < -0.4 is 0 Å². The summed E-state index contributed by atoms with van der Waals surface area (Å²) in [5, 5.41) is 0.848. The first-order valence-corrected chi connectivity index (χ1v) is 7.87. The molecule has 0 saturated carbocycles. The van der Waals surface area contributed by atoms with Crippen LogP contribution in [0.5, 0.6) is 0 Å². The minimum absolute atomic E-state index is 0.0138. The first-order valence-electron chi connectivity index (χ1n) is 7.87. The van der Waals surface area contributed by atoms with E-state index in [1.54, 1.807) is 6.07 Å². The zero-order chi connectivity index (χ0) is 18.0. The fourth-order valence-electron chi connectivity index (χ4n) is 2.64. The summed E-state index contributed by atoms with van der Waals surface area (Å²) in [6.45, 7) is 3.45. The van der Waals surface area contributed by atoms with Gasteiger partial charge in [-0.05, 0) is 37.1 Å². The molecule has 0 saturated heterocycles. The minimum atomic E-state index is -0.629. The van der Waals surface area contributed by atoms with Gasteiger partial charge in [0.25, 0.3) is 0 Å². The summed E-state index contributed by atoms with van der Waals surface area (Å²) in [4.78, 5) is 23.9. The molecule has 0 unspecified atom stereocenters. The van der Waals surface area contributed by atoms with Gasteiger partial charge in [-0.1, -0.05) is 24.3 Å². The van der Waals surface area contributed by atoms with Crippen molar-refractivity contribution in [2.75, 3.05) is 6.61 Å². The summed E-state index contributed by atoms with van der Waals surface area (Å²) in [5.74, 6) is -1.77. The highest BCUT2D eigenvalue weighted by Gasteiger charge is 2.16. The van der Waals surface area contributed by atoms with Gasteiger partial charge in [0.2, 0.25) is 5.78 Å². The van der Waals surface area contributed by atoms with Crippen LogP contribution >= 0.6 is 0 Å². The summed E-state index contributed by atoms with van der Waals surface area (Å²) in [6.07, 6.45) is 1.51. The predicted molar refractivity (Wildman–Crippen MR) is 91.1 cm³/mol. The lowest BCUT2D eigenvalue weighted by Gasteiger charge is -2.05. The molecule has 0 aliphatic heterocycles. The van der Waals surface area contributed by atoms with E-state index in [2.05, 4.69) is 0 Å². The van der Waals surface area contributed by atoms with Crippen molar-refractivity contribution in [3.8, 4) is 0 Å². The molecule has 1 heterocycles. The number of esters is 1. The molecule has 3 aromatic rings. The largest absolute Gasteiger partial charge is 0.464 e. The lowest BCUT2D eigenvalue weighted by molar-refractivity contribution is -0.141. The van der Waals surface area contributed by atoms with Crippen LogP contribution in [0.1, 0.15) is 27.0 Å². The number of hydrogen-bond acceptors (Lipinski definition) is 4. The van der Waals surface area contributed by atoms with Gasteiger partial charge in [0.1, 0.15) is 11.4 Å². The Kier molecular flexibility index (Phi) is 4.65. The minimum Gasteiger partial charge on any atom is -0.464 e.